The summed E-state index contributed by atoms with van der Waals surface area (Å²) in [6, 6.07) is 0.204. The fourth-order valence-corrected chi connectivity index (χ4v) is 0.900. The Labute approximate surface area is 186 Å². The maximum Gasteiger partial charge on any atom is 0.510 e. The summed E-state index contributed by atoms with van der Waals surface area (Å²) in [5.41, 5.74) is 0. The van der Waals surface area contributed by atoms with Crippen LogP contribution in [0.3, 0.4) is 0 Å². The van der Waals surface area contributed by atoms with Crippen LogP contribution >= 0.6 is 0 Å². The quantitative estimate of drug-likeness (QED) is 0.393. The molecule has 0 aromatic carbocycles. The minimum Gasteiger partial charge on any atom is -0.349 e. The van der Waals surface area contributed by atoms with Gasteiger partial charge in [0.25, 0.3) is 0 Å². The van der Waals surface area contributed by atoms with Gasteiger partial charge in [-0.15, -0.1) is 0 Å². The molecule has 3 N–H and O–H groups in total. The number of quaternary nitrogens is 3. The normalized spacial score (nSPS) is 8.57. The third-order valence-corrected chi connectivity index (χ3v) is 3.01. The first kappa shape index (κ1) is 42.1. The Bertz CT molecular complexity index is 400. The zero-order valence-corrected chi connectivity index (χ0v) is 20.5. The molecule has 0 saturated carbocycles. The number of rotatable bonds is 0. The largest absolute Gasteiger partial charge is 0.510 e. The number of hydrogen-bond acceptors (Lipinski definition) is 4. The highest BCUT2D eigenvalue weighted by atomic mass is 16.2. The van der Waals surface area contributed by atoms with Crippen LogP contribution in [0.25, 0.3) is 0 Å². The van der Waals surface area contributed by atoms with E-state index in [2.05, 4.69) is 0 Å². The third kappa shape index (κ3) is 33.5. The molecule has 184 valence electrons. The fraction of sp³-hybridized carbons (Fsp3) is 0.800. The number of carbonyl (C=O) groups is 4. The van der Waals surface area contributed by atoms with Gasteiger partial charge in [-0.2, -0.15) is 4.79 Å². The standard InChI is InChI=1S/2C5H12N2O.2C4H9NO.2CH4/c2*1-6(2)5(8)7(3)4;2*1-4(6)5(2)3;;/h2*1-4H3;2*1-3H3;2*1H4/p+3. The predicted octanol–water partition coefficient (Wildman–Crippen LogP) is -2.33. The summed E-state index contributed by atoms with van der Waals surface area (Å²) in [5.74, 6) is 0.269. The summed E-state index contributed by atoms with van der Waals surface area (Å²) < 4.78 is 0. The second-order valence-corrected chi connectivity index (χ2v) is 7.37. The highest BCUT2D eigenvalue weighted by molar-refractivity contribution is 5.73. The maximum absolute atomic E-state index is 10.8. The minimum absolute atomic E-state index is 0. The van der Waals surface area contributed by atoms with E-state index in [-0.39, 0.29) is 38.7 Å². The first-order valence-corrected chi connectivity index (χ1v) is 8.92. The average Bonchev–Trinajstić information content (AvgIpc) is 2.54. The van der Waals surface area contributed by atoms with Crippen LogP contribution in [0.15, 0.2) is 0 Å². The predicted molar refractivity (Wildman–Crippen MR) is 125 cm³/mol. The van der Waals surface area contributed by atoms with Gasteiger partial charge in [-0.3, -0.25) is 9.69 Å². The van der Waals surface area contributed by atoms with Crippen molar-refractivity contribution in [2.24, 2.45) is 0 Å². The van der Waals surface area contributed by atoms with E-state index in [1.165, 1.54) is 21.6 Å². The molecule has 0 heterocycles. The highest BCUT2D eigenvalue weighted by Gasteiger charge is 2.15. The van der Waals surface area contributed by atoms with Crippen molar-refractivity contribution in [1.82, 2.24) is 14.7 Å². The van der Waals surface area contributed by atoms with E-state index >= 15 is 0 Å². The van der Waals surface area contributed by atoms with Gasteiger partial charge in [0.15, 0.2) is 0 Å². The zero-order valence-electron chi connectivity index (χ0n) is 20.5. The molecule has 6 amide bonds. The molecule has 30 heavy (non-hydrogen) atoms. The van der Waals surface area contributed by atoms with E-state index in [4.69, 9.17) is 0 Å². The van der Waals surface area contributed by atoms with Gasteiger partial charge in [-0.05, 0) is 0 Å². The van der Waals surface area contributed by atoms with Crippen molar-refractivity contribution < 1.29 is 33.9 Å². The van der Waals surface area contributed by atoms with Gasteiger partial charge in [0.1, 0.15) is 0 Å². The van der Waals surface area contributed by atoms with Gasteiger partial charge < -0.3 is 14.7 Å². The maximum atomic E-state index is 10.8. The van der Waals surface area contributed by atoms with E-state index in [1.807, 2.05) is 42.3 Å². The molecule has 10 nitrogen and oxygen atoms in total. The lowest BCUT2D eigenvalue weighted by molar-refractivity contribution is -0.907. The molecule has 0 radical (unpaired) electrons. The molecule has 0 saturated heterocycles. The number of hydrogen-bond donors (Lipinski definition) is 3. The summed E-state index contributed by atoms with van der Waals surface area (Å²) in [6.45, 7) is 3.09. The molecule has 0 atom stereocenters. The summed E-state index contributed by atoms with van der Waals surface area (Å²) in [5, 5.41) is 0. The van der Waals surface area contributed by atoms with E-state index < -0.39 is 0 Å². The van der Waals surface area contributed by atoms with Crippen LogP contribution in [0.1, 0.15) is 28.7 Å². The first-order valence-electron chi connectivity index (χ1n) is 8.92. The lowest BCUT2D eigenvalue weighted by atomic mass is 10.7. The fourth-order valence-electron chi connectivity index (χ4n) is 0.900. The molecule has 0 aliphatic heterocycles. The van der Waals surface area contributed by atoms with Crippen molar-refractivity contribution in [3.05, 3.63) is 0 Å². The molecule has 0 aromatic rings. The Hall–Kier alpha value is -2.04. The van der Waals surface area contributed by atoms with Gasteiger partial charge >= 0.3 is 18.0 Å². The number of nitrogens with zero attached hydrogens (tertiary/aromatic N) is 3. The van der Waals surface area contributed by atoms with Crippen molar-refractivity contribution in [2.45, 2.75) is 28.7 Å². The summed E-state index contributed by atoms with van der Waals surface area (Å²) in [4.78, 5) is 48.8. The van der Waals surface area contributed by atoms with Gasteiger partial charge in [-0.25, -0.2) is 19.4 Å². The summed E-state index contributed by atoms with van der Waals surface area (Å²) in [6.07, 6.45) is 0. The van der Waals surface area contributed by atoms with Crippen molar-refractivity contribution >= 4 is 23.9 Å². The minimum atomic E-state index is 0. The third-order valence-electron chi connectivity index (χ3n) is 3.01. The van der Waals surface area contributed by atoms with Crippen molar-refractivity contribution in [1.29, 1.82) is 0 Å². The molecule has 0 unspecified atom stereocenters. The van der Waals surface area contributed by atoms with Gasteiger partial charge in [-0.1, -0.05) is 14.9 Å². The van der Waals surface area contributed by atoms with E-state index in [0.29, 0.717) is 0 Å². The Kier molecular flexibility index (Phi) is 32.6. The second kappa shape index (κ2) is 23.2. The Morgan fingerprint density at radius 1 is 0.533 bits per heavy atom. The molecule has 0 bridgehead atoms. The number of nitrogens with one attached hydrogen (secondary N) is 3. The molecule has 0 rings (SSSR count). The van der Waals surface area contributed by atoms with Crippen molar-refractivity contribution in [3.8, 4) is 0 Å². The lowest BCUT2D eigenvalue weighted by Gasteiger charge is -2.16. The van der Waals surface area contributed by atoms with Gasteiger partial charge in [0.2, 0.25) is 5.91 Å². The molecule has 0 aromatic heterocycles. The van der Waals surface area contributed by atoms with Crippen LogP contribution in [0.2, 0.25) is 0 Å². The van der Waals surface area contributed by atoms with Gasteiger partial charge in [0.05, 0.1) is 49.2 Å². The molecule has 0 spiro atoms. The van der Waals surface area contributed by atoms with Crippen LogP contribution in [-0.4, -0.2) is 123 Å². The molecule has 0 aliphatic rings. The average molecular weight is 442 g/mol. The first-order chi connectivity index (χ1) is 12.4. The molecule has 0 aliphatic carbocycles. The number of amides is 6. The van der Waals surface area contributed by atoms with Crippen LogP contribution in [0.4, 0.5) is 9.59 Å². The van der Waals surface area contributed by atoms with Crippen LogP contribution in [0.5, 0.6) is 0 Å². The van der Waals surface area contributed by atoms with Crippen LogP contribution < -0.4 is 14.7 Å². The van der Waals surface area contributed by atoms with Crippen LogP contribution in [-0.2, 0) is 9.59 Å². The van der Waals surface area contributed by atoms with E-state index in [0.717, 1.165) is 14.7 Å². The van der Waals surface area contributed by atoms with Gasteiger partial charge in [0, 0.05) is 49.2 Å². The number of urea groups is 2. The van der Waals surface area contributed by atoms with E-state index in [1.54, 1.807) is 49.2 Å². The number of carbonyl (C=O) groups excluding carboxylic acids is 4. The van der Waals surface area contributed by atoms with Crippen molar-refractivity contribution in [2.75, 3.05) is 84.6 Å². The van der Waals surface area contributed by atoms with Crippen LogP contribution in [0, 0.1) is 0 Å². The Morgan fingerprint density at radius 3 is 0.733 bits per heavy atom. The second-order valence-electron chi connectivity index (χ2n) is 7.37. The Balaban J connectivity index is -0.0000000632. The summed E-state index contributed by atoms with van der Waals surface area (Å²) in [7, 11) is 21.3. The molecular formula is C20H53N6O4+3. The topological polar surface area (TPSA) is 91.3 Å². The monoisotopic (exact) mass is 441 g/mol. The summed E-state index contributed by atoms with van der Waals surface area (Å²) >= 11 is 0. The zero-order chi connectivity index (χ0) is 23.8. The molecular weight excluding hydrogens is 388 g/mol. The molecule has 10 heteroatoms. The Morgan fingerprint density at radius 2 is 0.733 bits per heavy atom. The lowest BCUT2D eigenvalue weighted by Crippen LogP contribution is -3.29. The van der Waals surface area contributed by atoms with E-state index in [9.17, 15) is 19.2 Å². The molecule has 0 fully saturated rings. The highest BCUT2D eigenvalue weighted by Crippen LogP contribution is 1.83. The van der Waals surface area contributed by atoms with Crippen molar-refractivity contribution in [3.63, 3.8) is 0 Å². The SMILES string of the molecule is C.C.CC(=O)N(C)C.CC(=O)[NH+](C)C.CN(C)C(=O)N(C)C.C[NH+](C)C(=O)[NH+](C)C. The smallest absolute Gasteiger partial charge is 0.349 e.